The fourth-order valence-electron chi connectivity index (χ4n) is 4.45. The van der Waals surface area contributed by atoms with Crippen molar-refractivity contribution in [3.63, 3.8) is 0 Å². The van der Waals surface area contributed by atoms with Gasteiger partial charge < -0.3 is 10.1 Å². The third-order valence-corrected chi connectivity index (χ3v) is 6.00. The highest BCUT2D eigenvalue weighted by atomic mass is 16.5. The van der Waals surface area contributed by atoms with Crippen molar-refractivity contribution in [3.8, 4) is 11.3 Å². The monoisotopic (exact) mass is 354 g/mol. The Kier molecular flexibility index (Phi) is 5.68. The number of H-pyrrole nitrogens is 1. The van der Waals surface area contributed by atoms with Gasteiger partial charge in [0.1, 0.15) is 0 Å². The van der Waals surface area contributed by atoms with Crippen LogP contribution in [0.4, 0.5) is 0 Å². The van der Waals surface area contributed by atoms with Crippen LogP contribution in [0.15, 0.2) is 36.5 Å². The van der Waals surface area contributed by atoms with Gasteiger partial charge in [-0.05, 0) is 44.3 Å². The summed E-state index contributed by atoms with van der Waals surface area (Å²) in [6, 6.07) is 10.4. The Labute approximate surface area is 156 Å². The van der Waals surface area contributed by atoms with Crippen molar-refractivity contribution < 1.29 is 4.74 Å². The van der Waals surface area contributed by atoms with E-state index in [4.69, 9.17) is 4.74 Å². The van der Waals surface area contributed by atoms with Gasteiger partial charge in [0, 0.05) is 37.4 Å². The first-order valence-corrected chi connectivity index (χ1v) is 9.99. The van der Waals surface area contributed by atoms with Crippen molar-refractivity contribution in [2.45, 2.75) is 44.2 Å². The fourth-order valence-corrected chi connectivity index (χ4v) is 4.45. The van der Waals surface area contributed by atoms with Gasteiger partial charge in [0.2, 0.25) is 0 Å². The number of ether oxygens (including phenoxy) is 1. The van der Waals surface area contributed by atoms with Gasteiger partial charge in [-0.1, -0.05) is 36.8 Å². The van der Waals surface area contributed by atoms with E-state index in [-0.39, 0.29) is 5.54 Å². The highest BCUT2D eigenvalue weighted by molar-refractivity contribution is 5.62. The van der Waals surface area contributed by atoms with E-state index in [1.807, 2.05) is 12.3 Å². The number of aromatic nitrogens is 2. The Balaban J connectivity index is 1.42. The molecule has 2 aliphatic heterocycles. The lowest BCUT2D eigenvalue weighted by atomic mass is 9.86. The molecule has 2 aromatic rings. The van der Waals surface area contributed by atoms with Crippen molar-refractivity contribution in [2.75, 3.05) is 32.8 Å². The first-order valence-electron chi connectivity index (χ1n) is 9.99. The van der Waals surface area contributed by atoms with Crippen molar-refractivity contribution in [1.82, 2.24) is 20.4 Å². The predicted octanol–water partition coefficient (Wildman–Crippen LogP) is 3.20. The molecule has 0 unspecified atom stereocenters. The molecule has 0 radical (unpaired) electrons. The number of piperidine rings is 1. The Morgan fingerprint density at radius 3 is 2.62 bits per heavy atom. The molecule has 0 atom stereocenters. The Bertz CT molecular complexity index is 672. The molecule has 2 N–H and O–H groups in total. The third kappa shape index (κ3) is 3.85. The summed E-state index contributed by atoms with van der Waals surface area (Å²) in [5.74, 6) is 0. The fraction of sp³-hybridized carbons (Fsp3) is 0.571. The maximum absolute atomic E-state index is 5.68. The number of benzene rings is 1. The van der Waals surface area contributed by atoms with E-state index in [1.165, 1.54) is 43.5 Å². The van der Waals surface area contributed by atoms with Crippen LogP contribution in [0.25, 0.3) is 11.3 Å². The molecule has 0 amide bonds. The van der Waals surface area contributed by atoms with Gasteiger partial charge in [-0.3, -0.25) is 10.00 Å². The molecule has 2 fully saturated rings. The molecule has 0 saturated carbocycles. The number of hydrogen-bond donors (Lipinski definition) is 2. The molecule has 0 spiro atoms. The molecule has 140 valence electrons. The molecular formula is C21H30N4O. The number of aromatic amines is 1. The zero-order valence-corrected chi connectivity index (χ0v) is 15.5. The van der Waals surface area contributed by atoms with E-state index in [0.717, 1.165) is 44.8 Å². The highest BCUT2D eigenvalue weighted by Gasteiger charge is 2.38. The molecular weight excluding hydrogens is 324 g/mol. The van der Waals surface area contributed by atoms with Crippen molar-refractivity contribution in [2.24, 2.45) is 0 Å². The average Bonchev–Trinajstić information content (AvgIpc) is 3.19. The van der Waals surface area contributed by atoms with Gasteiger partial charge in [-0.15, -0.1) is 0 Å². The molecule has 2 saturated heterocycles. The standard InChI is InChI=1S/C21H30N4O/c1-3-7-18(8-4-1)20-19(16-23-24-20)15-22-17-21(9-13-26-14-10-21)25-11-5-2-6-12-25/h1,3-4,7-8,16,22H,2,5-6,9-15,17H2,(H,23,24). The normalized spacial score (nSPS) is 20.9. The van der Waals surface area contributed by atoms with Crippen molar-refractivity contribution >= 4 is 0 Å². The number of nitrogens with zero attached hydrogens (tertiary/aromatic N) is 2. The molecule has 3 heterocycles. The van der Waals surface area contributed by atoms with Crippen LogP contribution >= 0.6 is 0 Å². The first kappa shape index (κ1) is 17.7. The summed E-state index contributed by atoms with van der Waals surface area (Å²) in [4.78, 5) is 2.74. The molecule has 0 bridgehead atoms. The topological polar surface area (TPSA) is 53.2 Å². The van der Waals surface area contributed by atoms with E-state index in [9.17, 15) is 0 Å². The van der Waals surface area contributed by atoms with E-state index in [2.05, 4.69) is 44.7 Å². The van der Waals surface area contributed by atoms with Crippen LogP contribution in [0.1, 0.15) is 37.7 Å². The van der Waals surface area contributed by atoms with Crippen LogP contribution < -0.4 is 5.32 Å². The Morgan fingerprint density at radius 1 is 1.08 bits per heavy atom. The summed E-state index contributed by atoms with van der Waals surface area (Å²) < 4.78 is 5.68. The summed E-state index contributed by atoms with van der Waals surface area (Å²) in [7, 11) is 0. The quantitative estimate of drug-likeness (QED) is 0.836. The van der Waals surface area contributed by atoms with Gasteiger partial charge in [0.05, 0.1) is 11.9 Å². The van der Waals surface area contributed by atoms with Crippen LogP contribution in [0.5, 0.6) is 0 Å². The van der Waals surface area contributed by atoms with Crippen molar-refractivity contribution in [1.29, 1.82) is 0 Å². The second-order valence-corrected chi connectivity index (χ2v) is 7.62. The molecule has 5 heteroatoms. The summed E-state index contributed by atoms with van der Waals surface area (Å²) in [6.07, 6.45) is 8.28. The maximum atomic E-state index is 5.68. The third-order valence-electron chi connectivity index (χ3n) is 6.00. The SMILES string of the molecule is c1ccc(-c2[nH]ncc2CNCC2(N3CCCCC3)CCOCC2)cc1. The maximum Gasteiger partial charge on any atom is 0.0695 e. The highest BCUT2D eigenvalue weighted by Crippen LogP contribution is 2.30. The zero-order valence-electron chi connectivity index (χ0n) is 15.5. The Morgan fingerprint density at radius 2 is 1.85 bits per heavy atom. The number of nitrogens with one attached hydrogen (secondary N) is 2. The lowest BCUT2D eigenvalue weighted by Crippen LogP contribution is -2.59. The van der Waals surface area contributed by atoms with Gasteiger partial charge in [-0.2, -0.15) is 5.10 Å². The lowest BCUT2D eigenvalue weighted by molar-refractivity contribution is -0.0358. The summed E-state index contributed by atoms with van der Waals surface area (Å²) in [5, 5.41) is 11.2. The van der Waals surface area contributed by atoms with E-state index >= 15 is 0 Å². The number of rotatable bonds is 6. The largest absolute Gasteiger partial charge is 0.381 e. The smallest absolute Gasteiger partial charge is 0.0695 e. The molecule has 1 aromatic heterocycles. The molecule has 1 aromatic carbocycles. The van der Waals surface area contributed by atoms with Crippen LogP contribution in [0.3, 0.4) is 0 Å². The average molecular weight is 354 g/mol. The van der Waals surface area contributed by atoms with Crippen LogP contribution in [0.2, 0.25) is 0 Å². The van der Waals surface area contributed by atoms with E-state index in [1.54, 1.807) is 0 Å². The Hall–Kier alpha value is -1.69. The lowest BCUT2D eigenvalue weighted by Gasteiger charge is -2.48. The van der Waals surface area contributed by atoms with Crippen LogP contribution in [-0.2, 0) is 11.3 Å². The van der Waals surface area contributed by atoms with Gasteiger partial charge in [0.25, 0.3) is 0 Å². The molecule has 2 aliphatic rings. The van der Waals surface area contributed by atoms with Gasteiger partial charge >= 0.3 is 0 Å². The minimum absolute atomic E-state index is 0.259. The first-order chi connectivity index (χ1) is 12.9. The molecule has 4 rings (SSSR count). The zero-order chi connectivity index (χ0) is 17.7. The minimum atomic E-state index is 0.259. The van der Waals surface area contributed by atoms with Gasteiger partial charge in [0.15, 0.2) is 0 Å². The van der Waals surface area contributed by atoms with E-state index in [0.29, 0.717) is 0 Å². The summed E-state index contributed by atoms with van der Waals surface area (Å²) >= 11 is 0. The molecule has 26 heavy (non-hydrogen) atoms. The molecule has 0 aliphatic carbocycles. The number of hydrogen-bond acceptors (Lipinski definition) is 4. The molecule has 5 nitrogen and oxygen atoms in total. The second-order valence-electron chi connectivity index (χ2n) is 7.62. The van der Waals surface area contributed by atoms with Gasteiger partial charge in [-0.25, -0.2) is 0 Å². The second kappa shape index (κ2) is 8.33. The predicted molar refractivity (Wildman–Crippen MR) is 104 cm³/mol. The minimum Gasteiger partial charge on any atom is -0.381 e. The van der Waals surface area contributed by atoms with Crippen LogP contribution in [-0.4, -0.2) is 53.5 Å². The summed E-state index contributed by atoms with van der Waals surface area (Å²) in [6.45, 7) is 6.12. The van der Waals surface area contributed by atoms with E-state index < -0.39 is 0 Å². The number of likely N-dealkylation sites (tertiary alicyclic amines) is 1. The van der Waals surface area contributed by atoms with Crippen molar-refractivity contribution in [3.05, 3.63) is 42.1 Å². The summed E-state index contributed by atoms with van der Waals surface area (Å²) in [5.41, 5.74) is 3.81. The van der Waals surface area contributed by atoms with Crippen LogP contribution in [0, 0.1) is 0 Å².